The Morgan fingerprint density at radius 3 is 1.00 bits per heavy atom. The number of rotatable bonds is 53. The maximum absolute atomic E-state index is 12.5. The summed E-state index contributed by atoms with van der Waals surface area (Å²) >= 11 is 0. The van der Waals surface area contributed by atoms with Crippen molar-refractivity contribution in [2.75, 3.05) is 6.61 Å². The van der Waals surface area contributed by atoms with Crippen LogP contribution in [0, 0.1) is 0 Å². The van der Waals surface area contributed by atoms with Crippen molar-refractivity contribution in [1.29, 1.82) is 0 Å². The molecule has 0 aliphatic rings. The smallest absolute Gasteiger partial charge is 0.220 e. The van der Waals surface area contributed by atoms with Crippen molar-refractivity contribution >= 4 is 5.91 Å². The molecule has 0 saturated carbocycles. The van der Waals surface area contributed by atoms with Gasteiger partial charge in [-0.15, -0.1) is 0 Å². The molecule has 3 N–H and O–H groups in total. The first-order valence-corrected chi connectivity index (χ1v) is 29.7. The number of nitrogens with one attached hydrogen (secondary N) is 1. The highest BCUT2D eigenvalue weighted by Crippen LogP contribution is 2.16. The van der Waals surface area contributed by atoms with E-state index in [2.05, 4.69) is 129 Å². The fraction of sp³-hybridized carbons (Fsp3) is 0.682. The molecule has 0 saturated heterocycles. The number of allylic oxidation sites excluding steroid dienone is 19. The van der Waals surface area contributed by atoms with Gasteiger partial charge in [-0.3, -0.25) is 4.79 Å². The molecule has 0 bridgehead atoms. The van der Waals surface area contributed by atoms with Crippen LogP contribution in [0.5, 0.6) is 0 Å². The Hall–Kier alpha value is -3.21. The van der Waals surface area contributed by atoms with Crippen molar-refractivity contribution in [3.63, 3.8) is 0 Å². The van der Waals surface area contributed by atoms with Crippen LogP contribution in [0.4, 0.5) is 0 Å². The average molecular weight is 969 g/mol. The van der Waals surface area contributed by atoms with Gasteiger partial charge in [0.15, 0.2) is 0 Å². The van der Waals surface area contributed by atoms with Crippen LogP contribution in [0.1, 0.15) is 271 Å². The average Bonchev–Trinajstić information content (AvgIpc) is 3.36. The molecule has 0 rings (SSSR count). The lowest BCUT2D eigenvalue weighted by molar-refractivity contribution is -0.123. The van der Waals surface area contributed by atoms with Crippen LogP contribution in [0.25, 0.3) is 0 Å². The summed E-state index contributed by atoms with van der Waals surface area (Å²) in [7, 11) is 0. The number of hydrogen-bond donors (Lipinski definition) is 3. The van der Waals surface area contributed by atoms with Crippen LogP contribution in [0.2, 0.25) is 0 Å². The summed E-state index contributed by atoms with van der Waals surface area (Å²) in [5, 5.41) is 23.2. The Bertz CT molecular complexity index is 1380. The molecular formula is C66H113NO3. The Balaban J connectivity index is 3.64. The predicted octanol–water partition coefficient (Wildman–Crippen LogP) is 20.0. The molecular weight excluding hydrogens is 855 g/mol. The molecule has 4 heteroatoms. The highest BCUT2D eigenvalue weighted by molar-refractivity contribution is 5.76. The minimum atomic E-state index is -0.886. The van der Waals surface area contributed by atoms with Crippen molar-refractivity contribution in [3.8, 4) is 0 Å². The van der Waals surface area contributed by atoms with E-state index < -0.39 is 12.1 Å². The third-order valence-corrected chi connectivity index (χ3v) is 12.9. The second-order valence-corrected chi connectivity index (χ2v) is 19.7. The predicted molar refractivity (Wildman–Crippen MR) is 312 cm³/mol. The van der Waals surface area contributed by atoms with E-state index in [0.717, 1.165) is 96.3 Å². The lowest BCUT2D eigenvalue weighted by atomic mass is 10.0. The van der Waals surface area contributed by atoms with E-state index in [1.54, 1.807) is 6.08 Å². The van der Waals surface area contributed by atoms with Gasteiger partial charge in [-0.05, 0) is 103 Å². The van der Waals surface area contributed by atoms with Crippen molar-refractivity contribution < 1.29 is 15.0 Å². The first kappa shape index (κ1) is 66.8. The van der Waals surface area contributed by atoms with Gasteiger partial charge < -0.3 is 15.5 Å². The topological polar surface area (TPSA) is 69.6 Å². The van der Waals surface area contributed by atoms with E-state index >= 15 is 0 Å². The second kappa shape index (κ2) is 60.1. The van der Waals surface area contributed by atoms with Gasteiger partial charge in [-0.25, -0.2) is 0 Å². The molecule has 0 aromatic heterocycles. The van der Waals surface area contributed by atoms with Gasteiger partial charge >= 0.3 is 0 Å². The molecule has 1 amide bonds. The Morgan fingerprint density at radius 2 is 0.643 bits per heavy atom. The maximum atomic E-state index is 12.5. The SMILES string of the molecule is CC/C=C\C/C=C\C/C=C\C/C=C\C/C=C\C/C=C\C/C=C\CCCCCCCCCC(=O)NC(CO)C(O)/C=C/CC/C=C/CC/C=C/CCCCCCCCCCCCCCCCCCCCC. The number of amides is 1. The molecule has 0 aromatic rings. The number of aliphatic hydroxyl groups is 2. The number of hydrogen-bond acceptors (Lipinski definition) is 3. The van der Waals surface area contributed by atoms with Gasteiger partial charge in [0.2, 0.25) is 5.91 Å². The molecule has 0 fully saturated rings. The van der Waals surface area contributed by atoms with Crippen LogP contribution in [-0.4, -0.2) is 34.9 Å². The number of unbranched alkanes of at least 4 members (excludes halogenated alkanes) is 28. The number of carbonyl (C=O) groups excluding carboxylic acids is 1. The zero-order valence-corrected chi connectivity index (χ0v) is 46.0. The Morgan fingerprint density at radius 1 is 0.357 bits per heavy atom. The largest absolute Gasteiger partial charge is 0.394 e. The molecule has 2 atom stereocenters. The standard InChI is InChI=1S/C66H113NO3/c1-3-5-7-9-11-13-15-17-19-21-23-25-27-29-31-33-35-37-39-41-43-45-47-49-51-53-55-57-59-61-65(69)64(63-68)67-66(70)62-60-58-56-54-52-50-48-46-44-42-40-38-36-34-32-30-28-26-24-22-20-18-16-14-12-10-8-6-4-2/h6,8,12,14,18,20,24,26,30,32,36,38,42-45,51,53,59,61,64-65,68-69H,3-5,7,9-11,13,15-17,19,21-23,25,27-29,31,33-35,37,39-41,46-50,52,54-58,60,62-63H2,1-2H3,(H,67,70)/b8-6-,14-12-,20-18-,26-24-,32-30-,38-36-,44-42-,45-43+,53-51+,61-59+. The van der Waals surface area contributed by atoms with E-state index in [9.17, 15) is 15.0 Å². The van der Waals surface area contributed by atoms with Crippen molar-refractivity contribution in [2.45, 2.75) is 283 Å². The van der Waals surface area contributed by atoms with Crippen LogP contribution < -0.4 is 5.32 Å². The van der Waals surface area contributed by atoms with Gasteiger partial charge in [0, 0.05) is 6.42 Å². The molecule has 400 valence electrons. The van der Waals surface area contributed by atoms with Gasteiger partial charge in [0.25, 0.3) is 0 Å². The summed E-state index contributed by atoms with van der Waals surface area (Å²) in [6, 6.07) is -0.662. The van der Waals surface area contributed by atoms with Crippen LogP contribution in [0.15, 0.2) is 122 Å². The molecule has 2 unspecified atom stereocenters. The van der Waals surface area contributed by atoms with E-state index in [1.165, 1.54) is 154 Å². The molecule has 0 spiro atoms. The molecule has 0 radical (unpaired) electrons. The Labute approximate surface area is 435 Å². The molecule has 70 heavy (non-hydrogen) atoms. The first-order chi connectivity index (χ1) is 34.7. The van der Waals surface area contributed by atoms with Crippen molar-refractivity contribution in [1.82, 2.24) is 5.32 Å². The quantitative estimate of drug-likeness (QED) is 0.0420. The van der Waals surface area contributed by atoms with Gasteiger partial charge in [0.05, 0.1) is 18.8 Å². The van der Waals surface area contributed by atoms with Crippen LogP contribution in [-0.2, 0) is 4.79 Å². The summed E-state index contributed by atoms with van der Waals surface area (Å²) in [6.45, 7) is 4.19. The van der Waals surface area contributed by atoms with Crippen molar-refractivity contribution in [2.24, 2.45) is 0 Å². The van der Waals surface area contributed by atoms with Crippen LogP contribution in [0.3, 0.4) is 0 Å². The molecule has 0 aliphatic heterocycles. The molecule has 0 heterocycles. The molecule has 0 aliphatic carbocycles. The van der Waals surface area contributed by atoms with E-state index in [-0.39, 0.29) is 12.5 Å². The van der Waals surface area contributed by atoms with Gasteiger partial charge in [0.1, 0.15) is 0 Å². The minimum absolute atomic E-state index is 0.0927. The maximum Gasteiger partial charge on any atom is 0.220 e. The van der Waals surface area contributed by atoms with E-state index in [1.807, 2.05) is 6.08 Å². The highest BCUT2D eigenvalue weighted by atomic mass is 16.3. The summed E-state index contributed by atoms with van der Waals surface area (Å²) in [5.41, 5.74) is 0. The van der Waals surface area contributed by atoms with Gasteiger partial charge in [-0.1, -0.05) is 283 Å². The third-order valence-electron chi connectivity index (χ3n) is 12.9. The fourth-order valence-electron chi connectivity index (χ4n) is 8.43. The zero-order chi connectivity index (χ0) is 50.6. The minimum Gasteiger partial charge on any atom is -0.394 e. The lowest BCUT2D eigenvalue weighted by Gasteiger charge is -2.19. The lowest BCUT2D eigenvalue weighted by Crippen LogP contribution is -2.45. The first-order valence-electron chi connectivity index (χ1n) is 29.7. The number of carbonyl (C=O) groups is 1. The molecule has 4 nitrogen and oxygen atoms in total. The van der Waals surface area contributed by atoms with Crippen LogP contribution >= 0.6 is 0 Å². The summed E-state index contributed by atoms with van der Waals surface area (Å²) in [5.74, 6) is -0.0927. The van der Waals surface area contributed by atoms with E-state index in [0.29, 0.717) is 6.42 Å². The summed E-state index contributed by atoms with van der Waals surface area (Å²) in [6.07, 6.45) is 92.3. The zero-order valence-electron chi connectivity index (χ0n) is 46.0. The third kappa shape index (κ3) is 55.7. The Kier molecular flexibility index (Phi) is 57.3. The van der Waals surface area contributed by atoms with Gasteiger partial charge in [-0.2, -0.15) is 0 Å². The molecule has 0 aromatic carbocycles. The normalized spacial score (nSPS) is 13.7. The fourth-order valence-corrected chi connectivity index (χ4v) is 8.43. The highest BCUT2D eigenvalue weighted by Gasteiger charge is 2.18. The van der Waals surface area contributed by atoms with E-state index in [4.69, 9.17) is 0 Å². The monoisotopic (exact) mass is 968 g/mol. The van der Waals surface area contributed by atoms with Crippen molar-refractivity contribution in [3.05, 3.63) is 122 Å². The summed E-state index contributed by atoms with van der Waals surface area (Å²) in [4.78, 5) is 12.5. The number of aliphatic hydroxyl groups excluding tert-OH is 2. The summed E-state index contributed by atoms with van der Waals surface area (Å²) < 4.78 is 0. The second-order valence-electron chi connectivity index (χ2n) is 19.7.